The fraction of sp³-hybridized carbons (Fsp3) is 0.222. The second kappa shape index (κ2) is 9.92. The number of hydrogen-bond donors (Lipinski definition) is 0. The molecule has 1 saturated heterocycles. The number of fused-ring (bicyclic) bond motifs is 7. The molecule has 1 fully saturated rings. The molecule has 8 rings (SSSR count). The summed E-state index contributed by atoms with van der Waals surface area (Å²) in [5.74, 6) is 0.917. The molecule has 2 heterocycles. The first-order chi connectivity index (χ1) is 20.6. The van der Waals surface area contributed by atoms with E-state index >= 15 is 0 Å². The first kappa shape index (κ1) is 25.4. The van der Waals surface area contributed by atoms with Gasteiger partial charge in [0.05, 0.1) is 17.8 Å². The normalized spacial score (nSPS) is 19.8. The second-order valence-corrected chi connectivity index (χ2v) is 12.4. The molecule has 3 aromatic rings. The van der Waals surface area contributed by atoms with E-state index in [1.54, 1.807) is 0 Å². The summed E-state index contributed by atoms with van der Waals surface area (Å²) in [6.07, 6.45) is 17.5. The Morgan fingerprint density at radius 1 is 0.976 bits per heavy atom. The molecule has 2 unspecified atom stereocenters. The van der Waals surface area contributed by atoms with Gasteiger partial charge in [-0.15, -0.1) is 0 Å². The first-order valence-corrected chi connectivity index (χ1v) is 15.5. The Kier molecular flexibility index (Phi) is 6.00. The summed E-state index contributed by atoms with van der Waals surface area (Å²) in [7, 11) is 2.13. The third-order valence-corrected chi connectivity index (χ3v) is 10.1. The van der Waals surface area contributed by atoms with Crippen molar-refractivity contribution in [3.8, 4) is 5.75 Å². The number of nitrogens with zero attached hydrogens (tertiary/aromatic N) is 2. The minimum absolute atomic E-state index is 0.112. The number of ether oxygens (including phenoxy) is 1. The van der Waals surface area contributed by atoms with Crippen LogP contribution in [0.4, 0.5) is 10.5 Å². The summed E-state index contributed by atoms with van der Waals surface area (Å²) in [5.41, 5.74) is 9.77. The third kappa shape index (κ3) is 4.00. The van der Waals surface area contributed by atoms with E-state index in [-0.39, 0.29) is 22.9 Å². The SMILES string of the molecule is CN1c2ccccc2CC1COc1ccc(CC(C2=CCc3c2c2c(c4c3=CC=C4)C=CC=2)N2C(=O)CSC2=O)cc1. The molecular formula is C36H30N2O3S. The van der Waals surface area contributed by atoms with Gasteiger partial charge in [0.15, 0.2) is 0 Å². The summed E-state index contributed by atoms with van der Waals surface area (Å²) in [6, 6.07) is 16.6. The van der Waals surface area contributed by atoms with Crippen LogP contribution in [0.25, 0.3) is 29.9 Å². The van der Waals surface area contributed by atoms with Crippen LogP contribution in [0.15, 0.2) is 66.8 Å². The number of carbonyl (C=O) groups excluding carboxylic acids is 2. The summed E-state index contributed by atoms with van der Waals surface area (Å²) in [6.45, 7) is 0.608. The number of benzene rings is 3. The van der Waals surface area contributed by atoms with Crippen molar-refractivity contribution in [2.24, 2.45) is 0 Å². The number of thioether (sulfide) groups is 1. The fourth-order valence-corrected chi connectivity index (χ4v) is 7.93. The lowest BCUT2D eigenvalue weighted by molar-refractivity contribution is -0.125. The van der Waals surface area contributed by atoms with Gasteiger partial charge in [0.25, 0.3) is 5.24 Å². The maximum atomic E-state index is 13.1. The average molecular weight is 571 g/mol. The largest absolute Gasteiger partial charge is 0.491 e. The lowest BCUT2D eigenvalue weighted by atomic mass is 9.89. The molecular weight excluding hydrogens is 540 g/mol. The van der Waals surface area contributed by atoms with Crippen molar-refractivity contribution >= 4 is 58.5 Å². The van der Waals surface area contributed by atoms with Crippen LogP contribution in [0.3, 0.4) is 0 Å². The highest BCUT2D eigenvalue weighted by Gasteiger charge is 2.40. The Bertz CT molecular complexity index is 1870. The van der Waals surface area contributed by atoms with Crippen molar-refractivity contribution in [1.82, 2.24) is 4.90 Å². The Labute approximate surface area is 249 Å². The Balaban J connectivity index is 1.06. The van der Waals surface area contributed by atoms with Gasteiger partial charge in [-0.05, 0) is 86.9 Å². The van der Waals surface area contributed by atoms with Gasteiger partial charge in [-0.3, -0.25) is 14.5 Å². The summed E-state index contributed by atoms with van der Waals surface area (Å²) < 4.78 is 6.23. The van der Waals surface area contributed by atoms with Gasteiger partial charge >= 0.3 is 0 Å². The zero-order chi connectivity index (χ0) is 28.4. The Morgan fingerprint density at radius 2 is 1.74 bits per heavy atom. The quantitative estimate of drug-likeness (QED) is 0.401. The van der Waals surface area contributed by atoms with E-state index in [0.717, 1.165) is 41.5 Å². The predicted octanol–water partition coefficient (Wildman–Crippen LogP) is 4.99. The fourth-order valence-electron chi connectivity index (χ4n) is 7.18. The van der Waals surface area contributed by atoms with E-state index in [4.69, 9.17) is 4.74 Å². The minimum Gasteiger partial charge on any atom is -0.491 e. The zero-order valence-corrected chi connectivity index (χ0v) is 24.2. The summed E-state index contributed by atoms with van der Waals surface area (Å²) in [4.78, 5) is 29.9. The summed E-state index contributed by atoms with van der Waals surface area (Å²) >= 11 is 1.10. The van der Waals surface area contributed by atoms with Gasteiger partial charge in [-0.1, -0.05) is 84.6 Å². The molecule has 0 radical (unpaired) electrons. The minimum atomic E-state index is -0.357. The van der Waals surface area contributed by atoms with E-state index in [0.29, 0.717) is 19.1 Å². The highest BCUT2D eigenvalue weighted by atomic mass is 32.2. The molecule has 2 atom stereocenters. The van der Waals surface area contributed by atoms with Crippen molar-refractivity contribution in [2.75, 3.05) is 24.3 Å². The molecule has 6 heteroatoms. The van der Waals surface area contributed by atoms with E-state index in [1.165, 1.54) is 48.8 Å². The van der Waals surface area contributed by atoms with E-state index in [2.05, 4.69) is 90.9 Å². The Hall–Kier alpha value is -4.29. The molecule has 3 aliphatic carbocycles. The van der Waals surface area contributed by atoms with Crippen LogP contribution in [0.5, 0.6) is 5.75 Å². The van der Waals surface area contributed by atoms with Crippen LogP contribution < -0.4 is 20.1 Å². The number of imide groups is 1. The smallest absolute Gasteiger partial charge is 0.289 e. The van der Waals surface area contributed by atoms with Gasteiger partial charge in [0, 0.05) is 12.7 Å². The van der Waals surface area contributed by atoms with Crippen molar-refractivity contribution in [3.05, 3.63) is 111 Å². The number of amides is 2. The lowest BCUT2D eigenvalue weighted by Crippen LogP contribution is -2.42. The van der Waals surface area contributed by atoms with Crippen LogP contribution >= 0.6 is 11.8 Å². The average Bonchev–Trinajstić information content (AvgIpc) is 3.82. The topological polar surface area (TPSA) is 49.9 Å². The number of anilines is 1. The lowest BCUT2D eigenvalue weighted by Gasteiger charge is -2.28. The number of hydrogen-bond acceptors (Lipinski definition) is 5. The number of likely N-dealkylation sites (N-methyl/N-ethyl adjacent to an activating group) is 1. The molecule has 3 aromatic carbocycles. The number of rotatable bonds is 7. The van der Waals surface area contributed by atoms with Crippen LogP contribution in [0, 0.1) is 0 Å². The molecule has 42 heavy (non-hydrogen) atoms. The molecule has 0 spiro atoms. The maximum absolute atomic E-state index is 13.1. The van der Waals surface area contributed by atoms with E-state index in [9.17, 15) is 9.59 Å². The molecule has 5 nitrogen and oxygen atoms in total. The molecule has 0 aromatic heterocycles. The number of carbonyl (C=O) groups is 2. The van der Waals surface area contributed by atoms with Crippen molar-refractivity contribution < 1.29 is 14.3 Å². The van der Waals surface area contributed by atoms with Gasteiger partial charge in [-0.2, -0.15) is 0 Å². The van der Waals surface area contributed by atoms with Crippen molar-refractivity contribution in [1.29, 1.82) is 0 Å². The second-order valence-electron chi connectivity index (χ2n) is 11.5. The standard InChI is InChI=1S/C36H30N2O3S/c1-37-24(19-23-6-2-3-11-32(23)37)20-41-25-14-12-22(13-15-25)18-33(38-34(39)21-42-36(38)40)31-17-16-30-28-8-4-7-26(28)27-9-5-10-29(27)35(30)31/h2-15,17,24,33H,16,18-21H2,1H3. The molecule has 5 aliphatic rings. The van der Waals surface area contributed by atoms with Gasteiger partial charge in [0.1, 0.15) is 12.4 Å². The molecule has 0 bridgehead atoms. The maximum Gasteiger partial charge on any atom is 0.289 e. The van der Waals surface area contributed by atoms with Crippen LogP contribution in [-0.4, -0.2) is 47.5 Å². The summed E-state index contributed by atoms with van der Waals surface area (Å²) in [5, 5.41) is 2.31. The van der Waals surface area contributed by atoms with Crippen LogP contribution in [0.2, 0.25) is 0 Å². The molecule has 0 saturated carbocycles. The number of para-hydroxylation sites is 1. The van der Waals surface area contributed by atoms with E-state index in [1.807, 2.05) is 12.1 Å². The van der Waals surface area contributed by atoms with Gasteiger partial charge in [0.2, 0.25) is 5.91 Å². The van der Waals surface area contributed by atoms with Crippen LogP contribution in [0.1, 0.15) is 33.4 Å². The van der Waals surface area contributed by atoms with Gasteiger partial charge < -0.3 is 9.64 Å². The van der Waals surface area contributed by atoms with E-state index < -0.39 is 0 Å². The highest BCUT2D eigenvalue weighted by molar-refractivity contribution is 8.14. The predicted molar refractivity (Wildman–Crippen MR) is 171 cm³/mol. The monoisotopic (exact) mass is 570 g/mol. The van der Waals surface area contributed by atoms with Crippen LogP contribution in [-0.2, 0) is 24.1 Å². The highest BCUT2D eigenvalue weighted by Crippen LogP contribution is 2.36. The Morgan fingerprint density at radius 3 is 2.50 bits per heavy atom. The van der Waals surface area contributed by atoms with Crippen molar-refractivity contribution in [3.63, 3.8) is 0 Å². The molecule has 2 amide bonds. The molecule has 0 N–H and O–H groups in total. The first-order valence-electron chi connectivity index (χ1n) is 14.5. The molecule has 2 aliphatic heterocycles. The zero-order valence-electron chi connectivity index (χ0n) is 23.4. The number of allylic oxidation sites excluding steroid dienone is 3. The third-order valence-electron chi connectivity index (χ3n) is 9.26. The van der Waals surface area contributed by atoms with Gasteiger partial charge in [-0.25, -0.2) is 0 Å². The molecule has 208 valence electrons. The van der Waals surface area contributed by atoms with Crippen molar-refractivity contribution in [2.45, 2.75) is 31.3 Å².